The lowest BCUT2D eigenvalue weighted by atomic mass is 9.80. The predicted molar refractivity (Wildman–Crippen MR) is 107 cm³/mol. The van der Waals surface area contributed by atoms with Gasteiger partial charge in [-0.05, 0) is 31.0 Å². The lowest BCUT2D eigenvalue weighted by molar-refractivity contribution is -0.135. The van der Waals surface area contributed by atoms with Crippen molar-refractivity contribution in [3.05, 3.63) is 59.2 Å². The maximum atomic E-state index is 14.8. The van der Waals surface area contributed by atoms with Crippen LogP contribution in [0.15, 0.2) is 36.4 Å². The first-order chi connectivity index (χ1) is 15.6. The number of nitrogens with one attached hydrogen (secondary N) is 1. The van der Waals surface area contributed by atoms with Gasteiger partial charge in [-0.1, -0.05) is 18.2 Å². The highest BCUT2D eigenvalue weighted by Gasteiger charge is 2.55. The number of imide groups is 1. The van der Waals surface area contributed by atoms with Gasteiger partial charge in [0.25, 0.3) is 5.91 Å². The summed E-state index contributed by atoms with van der Waals surface area (Å²) in [5.74, 6) is -6.83. The second-order valence-electron chi connectivity index (χ2n) is 8.15. The predicted octanol–water partition coefficient (Wildman–Crippen LogP) is 4.19. The molecular formula is C23H17F4N3O3. The smallest absolute Gasteiger partial charge is 0.323 e. The van der Waals surface area contributed by atoms with Crippen molar-refractivity contribution in [1.82, 2.24) is 10.2 Å². The van der Waals surface area contributed by atoms with Crippen LogP contribution in [0.3, 0.4) is 0 Å². The molecule has 1 aliphatic carbocycles. The maximum Gasteiger partial charge on any atom is 0.325 e. The summed E-state index contributed by atoms with van der Waals surface area (Å²) < 4.78 is 56.5. The molecule has 10 heteroatoms. The number of carbonyl (C=O) groups excluding carboxylic acids is 3. The minimum absolute atomic E-state index is 0.0131. The van der Waals surface area contributed by atoms with Crippen LogP contribution in [-0.2, 0) is 4.79 Å². The molecule has 170 valence electrons. The van der Waals surface area contributed by atoms with Gasteiger partial charge in [0, 0.05) is 24.0 Å². The molecule has 1 aliphatic heterocycles. The van der Waals surface area contributed by atoms with E-state index in [2.05, 4.69) is 5.32 Å². The summed E-state index contributed by atoms with van der Waals surface area (Å²) in [5, 5.41) is 11.6. The first-order valence-electron chi connectivity index (χ1n) is 10.1. The molecular weight excluding hydrogens is 442 g/mol. The minimum atomic E-state index is -2.93. The van der Waals surface area contributed by atoms with E-state index in [4.69, 9.17) is 0 Å². The number of ketones is 1. The summed E-state index contributed by atoms with van der Waals surface area (Å²) in [6.07, 6.45) is -1.71. The summed E-state index contributed by atoms with van der Waals surface area (Å²) >= 11 is 0. The van der Waals surface area contributed by atoms with Gasteiger partial charge < -0.3 is 5.32 Å². The van der Waals surface area contributed by atoms with Crippen LogP contribution in [0.4, 0.5) is 22.4 Å². The zero-order valence-corrected chi connectivity index (χ0v) is 17.1. The lowest BCUT2D eigenvalue weighted by Crippen LogP contribution is -2.51. The van der Waals surface area contributed by atoms with E-state index in [0.29, 0.717) is 4.90 Å². The molecule has 0 bridgehead atoms. The van der Waals surface area contributed by atoms with E-state index >= 15 is 0 Å². The average molecular weight is 459 g/mol. The monoisotopic (exact) mass is 459 g/mol. The van der Waals surface area contributed by atoms with Crippen molar-refractivity contribution in [2.24, 2.45) is 0 Å². The molecule has 0 aromatic heterocycles. The molecule has 0 unspecified atom stereocenters. The highest BCUT2D eigenvalue weighted by Crippen LogP contribution is 2.41. The van der Waals surface area contributed by atoms with E-state index in [1.54, 1.807) is 0 Å². The second-order valence-corrected chi connectivity index (χ2v) is 8.15. The second kappa shape index (κ2) is 7.99. The average Bonchev–Trinajstić information content (AvgIpc) is 3.00. The third-order valence-corrected chi connectivity index (χ3v) is 6.06. The Morgan fingerprint density at radius 3 is 2.27 bits per heavy atom. The summed E-state index contributed by atoms with van der Waals surface area (Å²) in [6, 6.07) is 8.25. The third kappa shape index (κ3) is 3.95. The van der Waals surface area contributed by atoms with Gasteiger partial charge in [0.05, 0.1) is 23.7 Å². The topological polar surface area (TPSA) is 90.3 Å². The molecule has 2 aromatic rings. The Bertz CT molecular complexity index is 1190. The lowest BCUT2D eigenvalue weighted by Gasteiger charge is -2.34. The highest BCUT2D eigenvalue weighted by molar-refractivity contribution is 6.11. The molecule has 1 saturated heterocycles. The van der Waals surface area contributed by atoms with Crippen molar-refractivity contribution in [2.45, 2.75) is 37.1 Å². The van der Waals surface area contributed by atoms with Gasteiger partial charge in [-0.3, -0.25) is 14.5 Å². The quantitative estimate of drug-likeness (QED) is 0.422. The maximum absolute atomic E-state index is 14.8. The largest absolute Gasteiger partial charge is 0.325 e. The fraction of sp³-hybridized carbons (Fsp3) is 0.304. The van der Waals surface area contributed by atoms with Crippen LogP contribution in [0.25, 0.3) is 11.1 Å². The molecule has 1 saturated carbocycles. The summed E-state index contributed by atoms with van der Waals surface area (Å²) in [6.45, 7) is -0.796. The zero-order valence-electron chi connectivity index (χ0n) is 17.1. The van der Waals surface area contributed by atoms with Crippen molar-refractivity contribution in [3.63, 3.8) is 0 Å². The van der Waals surface area contributed by atoms with E-state index in [-0.39, 0.29) is 24.0 Å². The van der Waals surface area contributed by atoms with E-state index in [0.717, 1.165) is 12.1 Å². The Labute approximate surface area is 185 Å². The van der Waals surface area contributed by atoms with E-state index in [1.165, 1.54) is 24.3 Å². The Morgan fingerprint density at radius 2 is 1.67 bits per heavy atom. The van der Waals surface area contributed by atoms with Crippen molar-refractivity contribution >= 4 is 17.7 Å². The number of urea groups is 1. The SMILES string of the molecule is N#Cc1ccccc1-c1c(F)cc(C(=O)CN2C(=O)NC3(CCC(F)(F)CC3)C2=O)cc1F. The summed E-state index contributed by atoms with van der Waals surface area (Å²) in [4.78, 5) is 38.3. The Kier molecular flexibility index (Phi) is 5.44. The fourth-order valence-corrected chi connectivity index (χ4v) is 4.23. The molecule has 6 nitrogen and oxygen atoms in total. The van der Waals surface area contributed by atoms with Gasteiger partial charge in [0.1, 0.15) is 17.2 Å². The number of amides is 3. The molecule has 0 radical (unpaired) electrons. The number of alkyl halides is 2. The molecule has 1 N–H and O–H groups in total. The van der Waals surface area contributed by atoms with Gasteiger partial charge >= 0.3 is 6.03 Å². The summed E-state index contributed by atoms with van der Waals surface area (Å²) in [7, 11) is 0. The standard InChI is InChI=1S/C23H17F4N3O3/c24-16-9-14(10-17(25)19(16)15-4-2-1-3-13(15)11-28)18(31)12-30-20(32)22(29-21(30)33)5-7-23(26,27)8-6-22/h1-4,9-10H,5-8,12H2,(H,29,33). The summed E-state index contributed by atoms with van der Waals surface area (Å²) in [5.41, 5.74) is -2.35. The molecule has 2 aliphatic rings. The Balaban J connectivity index is 1.57. The molecule has 3 amide bonds. The number of benzene rings is 2. The van der Waals surface area contributed by atoms with Gasteiger partial charge in [-0.2, -0.15) is 5.26 Å². The van der Waals surface area contributed by atoms with Crippen molar-refractivity contribution in [1.29, 1.82) is 5.26 Å². The van der Waals surface area contributed by atoms with Crippen molar-refractivity contribution < 1.29 is 31.9 Å². The molecule has 2 aromatic carbocycles. The zero-order chi connectivity index (χ0) is 24.0. The molecule has 1 spiro atoms. The van der Waals surface area contributed by atoms with E-state index < -0.39 is 71.3 Å². The molecule has 33 heavy (non-hydrogen) atoms. The Hall–Kier alpha value is -3.74. The molecule has 0 atom stereocenters. The van der Waals surface area contributed by atoms with Gasteiger partial charge in [-0.15, -0.1) is 0 Å². The molecule has 1 heterocycles. The number of Topliss-reactive ketones (excluding diaryl/α,β-unsaturated/α-hetero) is 1. The number of hydrogen-bond acceptors (Lipinski definition) is 4. The number of nitrogens with zero attached hydrogens (tertiary/aromatic N) is 2. The number of carbonyl (C=O) groups is 3. The molecule has 4 rings (SSSR count). The van der Waals surface area contributed by atoms with Crippen molar-refractivity contribution in [3.8, 4) is 17.2 Å². The number of hydrogen-bond donors (Lipinski definition) is 1. The number of halogens is 4. The van der Waals surface area contributed by atoms with Crippen LogP contribution < -0.4 is 5.32 Å². The fourth-order valence-electron chi connectivity index (χ4n) is 4.23. The van der Waals surface area contributed by atoms with Crippen LogP contribution in [0.5, 0.6) is 0 Å². The first kappa shape index (κ1) is 22.5. The van der Waals surface area contributed by atoms with Crippen LogP contribution >= 0.6 is 0 Å². The minimum Gasteiger partial charge on any atom is -0.323 e. The number of rotatable bonds is 4. The number of nitriles is 1. The van der Waals surface area contributed by atoms with Gasteiger partial charge in [-0.25, -0.2) is 22.4 Å². The first-order valence-corrected chi connectivity index (χ1v) is 10.1. The van der Waals surface area contributed by atoms with Crippen LogP contribution in [0.2, 0.25) is 0 Å². The highest BCUT2D eigenvalue weighted by atomic mass is 19.3. The van der Waals surface area contributed by atoms with Crippen molar-refractivity contribution in [2.75, 3.05) is 6.54 Å². The third-order valence-electron chi connectivity index (χ3n) is 6.06. The van der Waals surface area contributed by atoms with Gasteiger partial charge in [0.2, 0.25) is 5.92 Å². The van der Waals surface area contributed by atoms with Crippen LogP contribution in [-0.4, -0.2) is 40.6 Å². The normalized spacial score (nSPS) is 18.8. The van der Waals surface area contributed by atoms with Crippen LogP contribution in [0, 0.1) is 23.0 Å². The van der Waals surface area contributed by atoms with Crippen LogP contribution in [0.1, 0.15) is 41.6 Å². The Morgan fingerprint density at radius 1 is 1.06 bits per heavy atom. The van der Waals surface area contributed by atoms with Gasteiger partial charge in [0.15, 0.2) is 5.78 Å². The van der Waals surface area contributed by atoms with E-state index in [1.807, 2.05) is 6.07 Å². The van der Waals surface area contributed by atoms with E-state index in [9.17, 15) is 37.2 Å². The molecule has 2 fully saturated rings.